The molecule has 0 fully saturated rings. The van der Waals surface area contributed by atoms with Gasteiger partial charge in [0.1, 0.15) is 5.60 Å². The summed E-state index contributed by atoms with van der Waals surface area (Å²) in [5.41, 5.74) is -2.27. The van der Waals surface area contributed by atoms with E-state index in [4.69, 9.17) is 0 Å². The van der Waals surface area contributed by atoms with Gasteiger partial charge in [-0.25, -0.2) is 0 Å². The summed E-state index contributed by atoms with van der Waals surface area (Å²) in [4.78, 5) is 23.0. The molecule has 0 aliphatic carbocycles. The third kappa shape index (κ3) is 3.63. The molecule has 0 saturated heterocycles. The zero-order valence-electron chi connectivity index (χ0n) is 10.1. The van der Waals surface area contributed by atoms with E-state index in [9.17, 15) is 14.7 Å². The molecule has 4 heteroatoms. The summed E-state index contributed by atoms with van der Waals surface area (Å²) >= 11 is 0. The Bertz CT molecular complexity index is 252. The van der Waals surface area contributed by atoms with Gasteiger partial charge in [0.25, 0.3) is 0 Å². The van der Waals surface area contributed by atoms with Gasteiger partial charge in [0.15, 0.2) is 5.78 Å². The fraction of sp³-hybridized carbons (Fsp3) is 0.818. The van der Waals surface area contributed by atoms with Gasteiger partial charge in [0.2, 0.25) is 0 Å². The average molecular weight is 216 g/mol. The van der Waals surface area contributed by atoms with Crippen molar-refractivity contribution in [2.75, 3.05) is 7.11 Å². The number of aliphatic hydroxyl groups is 1. The highest BCUT2D eigenvalue weighted by Gasteiger charge is 2.42. The van der Waals surface area contributed by atoms with Crippen molar-refractivity contribution in [2.24, 2.45) is 5.41 Å². The Hall–Kier alpha value is -0.900. The number of ketones is 1. The van der Waals surface area contributed by atoms with E-state index in [1.807, 2.05) is 0 Å². The van der Waals surface area contributed by atoms with Gasteiger partial charge in [-0.3, -0.25) is 9.59 Å². The number of hydrogen-bond acceptors (Lipinski definition) is 4. The lowest BCUT2D eigenvalue weighted by Gasteiger charge is -2.30. The fourth-order valence-corrected chi connectivity index (χ4v) is 1.37. The molecule has 0 spiro atoms. The van der Waals surface area contributed by atoms with Crippen molar-refractivity contribution >= 4 is 11.8 Å². The Morgan fingerprint density at radius 3 is 2.00 bits per heavy atom. The van der Waals surface area contributed by atoms with Crippen LogP contribution in [0.4, 0.5) is 0 Å². The Labute approximate surface area is 90.6 Å². The smallest absolute Gasteiger partial charge is 0.308 e. The summed E-state index contributed by atoms with van der Waals surface area (Å²) < 4.78 is 4.46. The largest absolute Gasteiger partial charge is 0.469 e. The number of rotatable bonds is 4. The van der Waals surface area contributed by atoms with Gasteiger partial charge in [-0.1, -0.05) is 27.7 Å². The quantitative estimate of drug-likeness (QED) is 0.719. The zero-order valence-corrected chi connectivity index (χ0v) is 10.1. The molecule has 0 amide bonds. The van der Waals surface area contributed by atoms with Crippen LogP contribution in [-0.2, 0) is 14.3 Å². The van der Waals surface area contributed by atoms with E-state index in [1.165, 1.54) is 7.11 Å². The second-order valence-corrected chi connectivity index (χ2v) is 4.72. The Morgan fingerprint density at radius 2 is 1.73 bits per heavy atom. The number of Topliss-reactive ketones (excluding diaryl/α,β-unsaturated/α-hetero) is 1. The summed E-state index contributed by atoms with van der Waals surface area (Å²) in [6.45, 7) is 6.82. The van der Waals surface area contributed by atoms with E-state index >= 15 is 0 Å². The van der Waals surface area contributed by atoms with Crippen LogP contribution in [0.2, 0.25) is 0 Å². The third-order valence-electron chi connectivity index (χ3n) is 2.35. The molecule has 88 valence electrons. The van der Waals surface area contributed by atoms with Gasteiger partial charge < -0.3 is 9.84 Å². The van der Waals surface area contributed by atoms with Gasteiger partial charge in [0.05, 0.1) is 13.5 Å². The molecular weight excluding hydrogens is 196 g/mol. The highest BCUT2D eigenvalue weighted by Crippen LogP contribution is 2.28. The maximum Gasteiger partial charge on any atom is 0.308 e. The van der Waals surface area contributed by atoms with Crippen LogP contribution in [0.3, 0.4) is 0 Å². The molecule has 0 aromatic heterocycles. The van der Waals surface area contributed by atoms with Crippen molar-refractivity contribution in [1.29, 1.82) is 0 Å². The molecule has 0 aliphatic heterocycles. The molecule has 0 saturated carbocycles. The average Bonchev–Trinajstić information content (AvgIpc) is 2.14. The first-order valence-electron chi connectivity index (χ1n) is 5.01. The Morgan fingerprint density at radius 1 is 1.27 bits per heavy atom. The van der Waals surface area contributed by atoms with Gasteiger partial charge >= 0.3 is 5.97 Å². The molecule has 0 aromatic carbocycles. The predicted molar refractivity (Wildman–Crippen MR) is 56.3 cm³/mol. The molecular formula is C11H20O4. The number of ether oxygens (including phenoxy) is 1. The first-order valence-corrected chi connectivity index (χ1v) is 5.01. The third-order valence-corrected chi connectivity index (χ3v) is 2.35. The van der Waals surface area contributed by atoms with Crippen LogP contribution < -0.4 is 0 Å². The van der Waals surface area contributed by atoms with E-state index in [0.29, 0.717) is 0 Å². The van der Waals surface area contributed by atoms with Crippen LogP contribution in [-0.4, -0.2) is 29.6 Å². The first kappa shape index (κ1) is 14.1. The highest BCUT2D eigenvalue weighted by molar-refractivity contribution is 5.94. The second kappa shape index (κ2) is 4.75. The van der Waals surface area contributed by atoms with Gasteiger partial charge in [-0.2, -0.15) is 0 Å². The minimum Gasteiger partial charge on any atom is -0.469 e. The van der Waals surface area contributed by atoms with Crippen molar-refractivity contribution in [2.45, 2.75) is 46.1 Å². The number of hydrogen-bond donors (Lipinski definition) is 1. The lowest BCUT2D eigenvalue weighted by Crippen LogP contribution is -2.46. The lowest BCUT2D eigenvalue weighted by molar-refractivity contribution is -0.157. The molecule has 1 N–H and O–H groups in total. The van der Waals surface area contributed by atoms with Crippen LogP contribution in [0.1, 0.15) is 40.5 Å². The van der Waals surface area contributed by atoms with E-state index in [1.54, 1.807) is 27.7 Å². The van der Waals surface area contributed by atoms with Gasteiger partial charge in [0, 0.05) is 5.41 Å². The van der Waals surface area contributed by atoms with Gasteiger partial charge in [-0.05, 0) is 6.42 Å². The Balaban J connectivity index is 4.86. The van der Waals surface area contributed by atoms with Crippen molar-refractivity contribution < 1.29 is 19.4 Å². The number of methoxy groups -OCH3 is 1. The van der Waals surface area contributed by atoms with Crippen LogP contribution >= 0.6 is 0 Å². The van der Waals surface area contributed by atoms with Crippen LogP contribution in [0.25, 0.3) is 0 Å². The summed E-state index contributed by atoms with van der Waals surface area (Å²) in [7, 11) is 1.24. The topological polar surface area (TPSA) is 63.6 Å². The summed E-state index contributed by atoms with van der Waals surface area (Å²) in [5.74, 6) is -0.903. The number of esters is 1. The molecule has 1 atom stereocenters. The van der Waals surface area contributed by atoms with Crippen LogP contribution in [0, 0.1) is 5.41 Å². The van der Waals surface area contributed by atoms with E-state index < -0.39 is 17.0 Å². The first-order chi connectivity index (χ1) is 6.67. The van der Waals surface area contributed by atoms with E-state index in [-0.39, 0.29) is 18.6 Å². The lowest BCUT2D eigenvalue weighted by atomic mass is 9.77. The Kier molecular flexibility index (Phi) is 4.46. The van der Waals surface area contributed by atoms with Crippen molar-refractivity contribution in [1.82, 2.24) is 0 Å². The molecule has 0 heterocycles. The summed E-state index contributed by atoms with van der Waals surface area (Å²) in [6, 6.07) is 0. The second-order valence-electron chi connectivity index (χ2n) is 4.72. The highest BCUT2D eigenvalue weighted by atomic mass is 16.5. The van der Waals surface area contributed by atoms with Crippen molar-refractivity contribution in [3.8, 4) is 0 Å². The molecule has 15 heavy (non-hydrogen) atoms. The SMILES string of the molecule is CCC(O)(CC(=O)OC)C(=O)C(C)(C)C. The molecule has 0 rings (SSSR count). The monoisotopic (exact) mass is 216 g/mol. The molecule has 1 unspecified atom stereocenters. The standard InChI is InChI=1S/C11H20O4/c1-6-11(14,7-8(12)15-5)9(13)10(2,3)4/h14H,6-7H2,1-5H3. The van der Waals surface area contributed by atoms with Gasteiger partial charge in [-0.15, -0.1) is 0 Å². The molecule has 4 nitrogen and oxygen atoms in total. The maximum absolute atomic E-state index is 11.9. The molecule has 0 aromatic rings. The maximum atomic E-state index is 11.9. The normalized spacial score (nSPS) is 15.6. The zero-order chi connectivity index (χ0) is 12.3. The molecule has 0 aliphatic rings. The van der Waals surface area contributed by atoms with E-state index in [0.717, 1.165) is 0 Å². The molecule has 0 bridgehead atoms. The number of carbonyl (C=O) groups is 2. The number of carbonyl (C=O) groups excluding carboxylic acids is 2. The van der Waals surface area contributed by atoms with Crippen molar-refractivity contribution in [3.63, 3.8) is 0 Å². The minimum atomic E-state index is -1.61. The molecule has 0 radical (unpaired) electrons. The van der Waals surface area contributed by atoms with Crippen LogP contribution in [0.15, 0.2) is 0 Å². The van der Waals surface area contributed by atoms with Crippen LogP contribution in [0.5, 0.6) is 0 Å². The predicted octanol–water partition coefficient (Wildman–Crippen LogP) is 1.31. The van der Waals surface area contributed by atoms with E-state index in [2.05, 4.69) is 4.74 Å². The summed E-state index contributed by atoms with van der Waals surface area (Å²) in [6.07, 6.45) is -0.0751. The minimum absolute atomic E-state index is 0.207. The summed E-state index contributed by atoms with van der Waals surface area (Å²) in [5, 5.41) is 10.1. The fourth-order valence-electron chi connectivity index (χ4n) is 1.37. The van der Waals surface area contributed by atoms with Crippen molar-refractivity contribution in [3.05, 3.63) is 0 Å².